The predicted molar refractivity (Wildman–Crippen MR) is 60.9 cm³/mol. The van der Waals surface area contributed by atoms with Gasteiger partial charge in [0, 0.05) is 29.8 Å². The van der Waals surface area contributed by atoms with Crippen LogP contribution in [0.1, 0.15) is 24.9 Å². The quantitative estimate of drug-likeness (QED) is 0.772. The average Bonchev–Trinajstić information content (AvgIpc) is 2.19. The van der Waals surface area contributed by atoms with Crippen LogP contribution in [0.3, 0.4) is 0 Å². The number of nitrogens with zero attached hydrogens (tertiary/aromatic N) is 1. The van der Waals surface area contributed by atoms with Gasteiger partial charge in [0.05, 0.1) is 0 Å². The molecule has 0 saturated carbocycles. The molecule has 3 heteroatoms. The second-order valence-electron chi connectivity index (χ2n) is 3.68. The molecule has 14 heavy (non-hydrogen) atoms. The Labute approximate surface area is 89.7 Å². The SMILES string of the molecule is CCN1CCC(N)c2cc(Cl)ccc21. The van der Waals surface area contributed by atoms with Gasteiger partial charge in [-0.1, -0.05) is 11.6 Å². The average molecular weight is 211 g/mol. The lowest BCUT2D eigenvalue weighted by Crippen LogP contribution is -2.33. The molecule has 1 heterocycles. The smallest absolute Gasteiger partial charge is 0.0415 e. The summed E-state index contributed by atoms with van der Waals surface area (Å²) in [4.78, 5) is 2.34. The van der Waals surface area contributed by atoms with E-state index in [2.05, 4.69) is 17.9 Å². The fourth-order valence-electron chi connectivity index (χ4n) is 2.01. The minimum atomic E-state index is 0.145. The molecule has 0 amide bonds. The zero-order valence-electron chi connectivity index (χ0n) is 8.33. The minimum absolute atomic E-state index is 0.145. The van der Waals surface area contributed by atoms with Crippen LogP contribution in [-0.2, 0) is 0 Å². The van der Waals surface area contributed by atoms with Crippen molar-refractivity contribution in [1.29, 1.82) is 0 Å². The number of nitrogens with two attached hydrogens (primary N) is 1. The van der Waals surface area contributed by atoms with Gasteiger partial charge in [0.2, 0.25) is 0 Å². The van der Waals surface area contributed by atoms with Gasteiger partial charge in [0.1, 0.15) is 0 Å². The van der Waals surface area contributed by atoms with Crippen LogP contribution >= 0.6 is 11.6 Å². The van der Waals surface area contributed by atoms with Crippen molar-refractivity contribution in [1.82, 2.24) is 0 Å². The lowest BCUT2D eigenvalue weighted by molar-refractivity contribution is 0.598. The van der Waals surface area contributed by atoms with Crippen molar-refractivity contribution in [3.8, 4) is 0 Å². The van der Waals surface area contributed by atoms with E-state index >= 15 is 0 Å². The Bertz CT molecular complexity index is 338. The molecule has 2 rings (SSSR count). The largest absolute Gasteiger partial charge is 0.371 e. The van der Waals surface area contributed by atoms with Crippen LogP contribution in [0, 0.1) is 0 Å². The Hall–Kier alpha value is -0.730. The van der Waals surface area contributed by atoms with E-state index in [1.54, 1.807) is 0 Å². The monoisotopic (exact) mass is 210 g/mol. The number of halogens is 1. The molecule has 0 radical (unpaired) electrons. The number of benzene rings is 1. The minimum Gasteiger partial charge on any atom is -0.371 e. The van der Waals surface area contributed by atoms with E-state index in [9.17, 15) is 0 Å². The van der Waals surface area contributed by atoms with Crippen molar-refractivity contribution in [2.45, 2.75) is 19.4 Å². The molecule has 0 saturated heterocycles. The van der Waals surface area contributed by atoms with Crippen molar-refractivity contribution in [2.75, 3.05) is 18.0 Å². The van der Waals surface area contributed by atoms with E-state index in [-0.39, 0.29) is 6.04 Å². The third kappa shape index (κ3) is 1.60. The van der Waals surface area contributed by atoms with Gasteiger partial charge in [0.15, 0.2) is 0 Å². The first kappa shape index (κ1) is 9.81. The van der Waals surface area contributed by atoms with Gasteiger partial charge in [-0.25, -0.2) is 0 Å². The molecule has 0 aliphatic carbocycles. The third-order valence-electron chi connectivity index (χ3n) is 2.82. The van der Waals surface area contributed by atoms with Gasteiger partial charge in [-0.15, -0.1) is 0 Å². The van der Waals surface area contributed by atoms with Gasteiger partial charge < -0.3 is 10.6 Å². The molecule has 1 unspecified atom stereocenters. The molecule has 76 valence electrons. The standard InChI is InChI=1S/C11H15ClN2/c1-2-14-6-5-10(13)9-7-8(12)3-4-11(9)14/h3-4,7,10H,2,5-6,13H2,1H3. The Morgan fingerprint density at radius 1 is 1.57 bits per heavy atom. The van der Waals surface area contributed by atoms with Crippen LogP contribution in [0.5, 0.6) is 0 Å². The molecule has 1 aromatic rings. The molecule has 0 aromatic heterocycles. The number of rotatable bonds is 1. The van der Waals surface area contributed by atoms with E-state index in [0.29, 0.717) is 0 Å². The number of fused-ring (bicyclic) bond motifs is 1. The normalized spacial score (nSPS) is 20.8. The van der Waals surface area contributed by atoms with Gasteiger partial charge in [-0.2, -0.15) is 0 Å². The first-order valence-electron chi connectivity index (χ1n) is 5.02. The van der Waals surface area contributed by atoms with Gasteiger partial charge in [-0.3, -0.25) is 0 Å². The van der Waals surface area contributed by atoms with E-state index in [1.165, 1.54) is 11.3 Å². The summed E-state index contributed by atoms with van der Waals surface area (Å²) >= 11 is 5.96. The molecule has 0 spiro atoms. The Morgan fingerprint density at radius 3 is 3.07 bits per heavy atom. The summed E-state index contributed by atoms with van der Waals surface area (Å²) in [5, 5.41) is 0.775. The summed E-state index contributed by atoms with van der Waals surface area (Å²) in [5.41, 5.74) is 8.48. The maximum absolute atomic E-state index is 6.05. The predicted octanol–water partition coefficient (Wildman–Crippen LogP) is 2.57. The van der Waals surface area contributed by atoms with Crippen LogP contribution in [0.25, 0.3) is 0 Å². The lowest BCUT2D eigenvalue weighted by atomic mass is 9.97. The zero-order chi connectivity index (χ0) is 10.1. The first-order valence-corrected chi connectivity index (χ1v) is 5.40. The summed E-state index contributed by atoms with van der Waals surface area (Å²) in [5.74, 6) is 0. The Balaban J connectivity index is 2.45. The molecule has 0 bridgehead atoms. The molecule has 2 nitrogen and oxygen atoms in total. The molecular weight excluding hydrogens is 196 g/mol. The lowest BCUT2D eigenvalue weighted by Gasteiger charge is -2.33. The van der Waals surface area contributed by atoms with Crippen LogP contribution in [0.4, 0.5) is 5.69 Å². The van der Waals surface area contributed by atoms with E-state index < -0.39 is 0 Å². The van der Waals surface area contributed by atoms with Gasteiger partial charge in [-0.05, 0) is 37.1 Å². The van der Waals surface area contributed by atoms with E-state index in [4.69, 9.17) is 17.3 Å². The molecule has 1 aliphatic rings. The summed E-state index contributed by atoms with van der Waals surface area (Å²) in [7, 11) is 0. The van der Waals surface area contributed by atoms with Crippen molar-refractivity contribution in [2.24, 2.45) is 5.73 Å². The molecule has 2 N–H and O–H groups in total. The highest BCUT2D eigenvalue weighted by molar-refractivity contribution is 6.30. The number of anilines is 1. The second kappa shape index (κ2) is 3.79. The van der Waals surface area contributed by atoms with E-state index in [0.717, 1.165) is 24.5 Å². The second-order valence-corrected chi connectivity index (χ2v) is 4.11. The Morgan fingerprint density at radius 2 is 2.36 bits per heavy atom. The highest BCUT2D eigenvalue weighted by Crippen LogP contribution is 2.33. The third-order valence-corrected chi connectivity index (χ3v) is 3.06. The fourth-order valence-corrected chi connectivity index (χ4v) is 2.19. The summed E-state index contributed by atoms with van der Waals surface area (Å²) < 4.78 is 0. The fraction of sp³-hybridized carbons (Fsp3) is 0.455. The van der Waals surface area contributed by atoms with Crippen molar-refractivity contribution in [3.63, 3.8) is 0 Å². The highest BCUT2D eigenvalue weighted by atomic mass is 35.5. The molecule has 1 aromatic carbocycles. The van der Waals surface area contributed by atoms with Gasteiger partial charge in [0.25, 0.3) is 0 Å². The topological polar surface area (TPSA) is 29.3 Å². The van der Waals surface area contributed by atoms with Crippen LogP contribution in [0.15, 0.2) is 18.2 Å². The maximum Gasteiger partial charge on any atom is 0.0415 e. The number of hydrogen-bond donors (Lipinski definition) is 1. The van der Waals surface area contributed by atoms with Crippen LogP contribution < -0.4 is 10.6 Å². The van der Waals surface area contributed by atoms with Crippen LogP contribution in [0.2, 0.25) is 5.02 Å². The van der Waals surface area contributed by atoms with Crippen LogP contribution in [-0.4, -0.2) is 13.1 Å². The van der Waals surface area contributed by atoms with E-state index in [1.807, 2.05) is 12.1 Å². The summed E-state index contributed by atoms with van der Waals surface area (Å²) in [6.45, 7) is 4.24. The maximum atomic E-state index is 6.05. The van der Waals surface area contributed by atoms with Crippen molar-refractivity contribution < 1.29 is 0 Å². The molecule has 1 aliphatic heterocycles. The van der Waals surface area contributed by atoms with Gasteiger partial charge >= 0.3 is 0 Å². The summed E-state index contributed by atoms with van der Waals surface area (Å²) in [6, 6.07) is 6.14. The molecule has 1 atom stereocenters. The molecular formula is C11H15ClN2. The van der Waals surface area contributed by atoms with Crippen molar-refractivity contribution in [3.05, 3.63) is 28.8 Å². The molecule has 0 fully saturated rings. The zero-order valence-corrected chi connectivity index (χ0v) is 9.09. The first-order chi connectivity index (χ1) is 6.72. The highest BCUT2D eigenvalue weighted by Gasteiger charge is 2.21. The Kier molecular flexibility index (Phi) is 2.66. The van der Waals surface area contributed by atoms with Crippen molar-refractivity contribution >= 4 is 17.3 Å². The summed E-state index contributed by atoms with van der Waals surface area (Å²) in [6.07, 6.45) is 1.02. The number of hydrogen-bond acceptors (Lipinski definition) is 2.